The molecule has 0 atom stereocenters. The number of benzene rings is 1. The number of hydrogen-bond donors (Lipinski definition) is 1. The van der Waals surface area contributed by atoms with Crippen LogP contribution >= 0.6 is 0 Å². The molecule has 1 N–H and O–H groups in total. The number of nitrogens with zero attached hydrogens (tertiary/aromatic N) is 1. The number of rotatable bonds is 5. The highest BCUT2D eigenvalue weighted by atomic mass is 16.5. The second-order valence-electron chi connectivity index (χ2n) is 4.90. The van der Waals surface area contributed by atoms with Crippen LogP contribution in [0.4, 0.5) is 0 Å². The van der Waals surface area contributed by atoms with Crippen molar-refractivity contribution in [1.29, 1.82) is 0 Å². The molecule has 0 aliphatic rings. The highest BCUT2D eigenvalue weighted by molar-refractivity contribution is 5.86. The summed E-state index contributed by atoms with van der Waals surface area (Å²) in [5.74, 6) is -0.0325. The molecule has 0 unspecified atom stereocenters. The maximum Gasteiger partial charge on any atom is 0.373 e. The first-order valence-electron chi connectivity index (χ1n) is 6.39. The van der Waals surface area contributed by atoms with E-state index in [9.17, 15) is 9.90 Å². The molecule has 106 valence electrons. The first kappa shape index (κ1) is 14.1. The van der Waals surface area contributed by atoms with Gasteiger partial charge in [-0.25, -0.2) is 9.78 Å². The molecular formula is C15H17NO4. The van der Waals surface area contributed by atoms with Crippen molar-refractivity contribution >= 4 is 5.97 Å². The van der Waals surface area contributed by atoms with Gasteiger partial charge in [-0.2, -0.15) is 0 Å². The lowest BCUT2D eigenvalue weighted by molar-refractivity contribution is 0.0661. The molecule has 2 aromatic rings. The van der Waals surface area contributed by atoms with Gasteiger partial charge in [-0.05, 0) is 24.5 Å². The van der Waals surface area contributed by atoms with Crippen molar-refractivity contribution in [2.24, 2.45) is 5.92 Å². The molecule has 5 nitrogen and oxygen atoms in total. The second kappa shape index (κ2) is 5.77. The Bertz CT molecular complexity index is 616. The average Bonchev–Trinajstić information content (AvgIpc) is 2.81. The monoisotopic (exact) mass is 275 g/mol. The van der Waals surface area contributed by atoms with Crippen LogP contribution in [0.5, 0.6) is 5.75 Å². The van der Waals surface area contributed by atoms with Crippen molar-refractivity contribution in [3.05, 3.63) is 35.7 Å². The lowest BCUT2D eigenvalue weighted by Crippen LogP contribution is -2.03. The summed E-state index contributed by atoms with van der Waals surface area (Å²) in [5, 5.41) is 9.20. The number of carboxylic acids is 1. The van der Waals surface area contributed by atoms with Gasteiger partial charge in [-0.3, -0.25) is 0 Å². The van der Waals surface area contributed by atoms with E-state index in [1.165, 1.54) is 0 Å². The Hall–Kier alpha value is -2.30. The Morgan fingerprint density at radius 1 is 1.40 bits per heavy atom. The smallest absolute Gasteiger partial charge is 0.373 e. The van der Waals surface area contributed by atoms with Gasteiger partial charge in [0.05, 0.1) is 18.4 Å². The van der Waals surface area contributed by atoms with Crippen molar-refractivity contribution in [1.82, 2.24) is 4.98 Å². The van der Waals surface area contributed by atoms with Gasteiger partial charge in [0.1, 0.15) is 5.75 Å². The number of oxazole rings is 1. The summed E-state index contributed by atoms with van der Waals surface area (Å²) in [6, 6.07) is 7.22. The topological polar surface area (TPSA) is 72.6 Å². The Labute approximate surface area is 117 Å². The van der Waals surface area contributed by atoms with Gasteiger partial charge >= 0.3 is 5.97 Å². The highest BCUT2D eigenvalue weighted by Gasteiger charge is 2.22. The number of aromatic nitrogens is 1. The zero-order valence-electron chi connectivity index (χ0n) is 11.7. The van der Waals surface area contributed by atoms with E-state index in [1.807, 2.05) is 26.0 Å². The predicted molar refractivity (Wildman–Crippen MR) is 74.0 cm³/mol. The molecule has 1 heterocycles. The molecule has 2 rings (SSSR count). The Balaban J connectivity index is 2.50. The van der Waals surface area contributed by atoms with Gasteiger partial charge in [0, 0.05) is 0 Å². The average molecular weight is 275 g/mol. The van der Waals surface area contributed by atoms with E-state index < -0.39 is 5.97 Å². The molecule has 20 heavy (non-hydrogen) atoms. The third-order valence-electron chi connectivity index (χ3n) is 2.83. The number of carboxylic acid groups (broad SMARTS) is 1. The number of methoxy groups -OCH3 is 1. The fourth-order valence-electron chi connectivity index (χ4n) is 1.98. The van der Waals surface area contributed by atoms with E-state index in [-0.39, 0.29) is 11.7 Å². The van der Waals surface area contributed by atoms with Crippen molar-refractivity contribution in [3.8, 4) is 17.2 Å². The number of ether oxygens (including phenoxy) is 1. The maximum absolute atomic E-state index is 11.2. The lowest BCUT2D eigenvalue weighted by atomic mass is 10.1. The van der Waals surface area contributed by atoms with Crippen molar-refractivity contribution < 1.29 is 19.1 Å². The van der Waals surface area contributed by atoms with Crippen molar-refractivity contribution in [3.63, 3.8) is 0 Å². The summed E-state index contributed by atoms with van der Waals surface area (Å²) in [7, 11) is 1.55. The summed E-state index contributed by atoms with van der Waals surface area (Å²) in [6.45, 7) is 4.01. The predicted octanol–water partition coefficient (Wildman–Crippen LogP) is 3.25. The van der Waals surface area contributed by atoms with E-state index in [1.54, 1.807) is 19.2 Å². The molecule has 5 heteroatoms. The first-order chi connectivity index (χ1) is 9.52. The van der Waals surface area contributed by atoms with Gasteiger partial charge < -0.3 is 14.3 Å². The minimum absolute atomic E-state index is 0.0976. The maximum atomic E-state index is 11.2. The molecule has 0 aliphatic heterocycles. The number of carbonyl (C=O) groups is 1. The van der Waals surface area contributed by atoms with Crippen LogP contribution in [0.1, 0.15) is 30.1 Å². The van der Waals surface area contributed by atoms with E-state index in [4.69, 9.17) is 9.15 Å². The summed E-state index contributed by atoms with van der Waals surface area (Å²) >= 11 is 0. The standard InChI is InChI=1S/C15H17NO4/c1-9(2)8-11-13(15(17)18)20-14(16-11)10-6-4-5-7-12(10)19-3/h4-7,9H,8H2,1-3H3,(H,17,18). The zero-order valence-corrected chi connectivity index (χ0v) is 11.7. The van der Waals surface area contributed by atoms with E-state index >= 15 is 0 Å². The Morgan fingerprint density at radius 3 is 2.70 bits per heavy atom. The summed E-state index contributed by atoms with van der Waals surface area (Å²) in [4.78, 5) is 15.6. The van der Waals surface area contributed by atoms with Crippen LogP contribution in [0.15, 0.2) is 28.7 Å². The van der Waals surface area contributed by atoms with Crippen LogP contribution in [-0.2, 0) is 6.42 Å². The summed E-state index contributed by atoms with van der Waals surface area (Å²) in [6.07, 6.45) is 0.556. The first-order valence-corrected chi connectivity index (χ1v) is 6.39. The molecule has 0 spiro atoms. The minimum Gasteiger partial charge on any atom is -0.496 e. The largest absolute Gasteiger partial charge is 0.496 e. The van der Waals surface area contributed by atoms with Gasteiger partial charge in [-0.1, -0.05) is 26.0 Å². The quantitative estimate of drug-likeness (QED) is 0.906. The summed E-state index contributed by atoms with van der Waals surface area (Å²) in [5.41, 5.74) is 1.11. The summed E-state index contributed by atoms with van der Waals surface area (Å²) < 4.78 is 10.7. The van der Waals surface area contributed by atoms with E-state index in [2.05, 4.69) is 4.98 Å². The normalized spacial score (nSPS) is 10.8. The molecule has 0 saturated heterocycles. The van der Waals surface area contributed by atoms with Gasteiger partial charge in [0.2, 0.25) is 11.7 Å². The molecule has 0 aliphatic carbocycles. The fraction of sp³-hybridized carbons (Fsp3) is 0.333. The van der Waals surface area contributed by atoms with Crippen LogP contribution in [0, 0.1) is 5.92 Å². The third kappa shape index (κ3) is 2.82. The molecule has 0 radical (unpaired) electrons. The Kier molecular flexibility index (Phi) is 4.08. The number of aromatic carboxylic acids is 1. The molecule has 0 amide bonds. The van der Waals surface area contributed by atoms with Crippen LogP contribution in [0.3, 0.4) is 0 Å². The second-order valence-corrected chi connectivity index (χ2v) is 4.90. The minimum atomic E-state index is -1.10. The van der Waals surface area contributed by atoms with Crippen LogP contribution in [-0.4, -0.2) is 23.2 Å². The number of hydrogen-bond acceptors (Lipinski definition) is 4. The molecule has 0 fully saturated rings. The fourth-order valence-corrected chi connectivity index (χ4v) is 1.98. The van der Waals surface area contributed by atoms with Crippen molar-refractivity contribution in [2.45, 2.75) is 20.3 Å². The molecular weight excluding hydrogens is 258 g/mol. The molecule has 1 aromatic heterocycles. The van der Waals surface area contributed by atoms with Crippen molar-refractivity contribution in [2.75, 3.05) is 7.11 Å². The Morgan fingerprint density at radius 2 is 2.10 bits per heavy atom. The molecule has 0 bridgehead atoms. The van der Waals surface area contributed by atoms with Gasteiger partial charge in [0.25, 0.3) is 0 Å². The van der Waals surface area contributed by atoms with Gasteiger partial charge in [0.15, 0.2) is 0 Å². The number of para-hydroxylation sites is 1. The molecule has 1 aromatic carbocycles. The molecule has 0 saturated carbocycles. The van der Waals surface area contributed by atoms with E-state index in [0.29, 0.717) is 29.3 Å². The van der Waals surface area contributed by atoms with Gasteiger partial charge in [-0.15, -0.1) is 0 Å². The van der Waals surface area contributed by atoms with E-state index in [0.717, 1.165) is 0 Å². The highest BCUT2D eigenvalue weighted by Crippen LogP contribution is 2.31. The van der Waals surface area contributed by atoms with Crippen LogP contribution in [0.25, 0.3) is 11.5 Å². The lowest BCUT2D eigenvalue weighted by Gasteiger charge is -2.03. The zero-order chi connectivity index (χ0) is 14.7. The van der Waals surface area contributed by atoms with Crippen LogP contribution in [0.2, 0.25) is 0 Å². The van der Waals surface area contributed by atoms with Crippen LogP contribution < -0.4 is 4.74 Å². The SMILES string of the molecule is COc1ccccc1-c1nc(CC(C)C)c(C(=O)O)o1. The third-order valence-corrected chi connectivity index (χ3v) is 2.83.